The highest BCUT2D eigenvalue weighted by Crippen LogP contribution is 2.40. The van der Waals surface area contributed by atoms with Gasteiger partial charge in [0, 0.05) is 27.2 Å². The number of aromatic nitrogens is 1. The molecule has 0 N–H and O–H groups in total. The van der Waals surface area contributed by atoms with E-state index in [2.05, 4.69) is 144 Å². The van der Waals surface area contributed by atoms with E-state index in [4.69, 9.17) is 4.42 Å². The van der Waals surface area contributed by atoms with Crippen molar-refractivity contribution in [2.45, 2.75) is 0 Å². The highest BCUT2D eigenvalue weighted by molar-refractivity contribution is 6.13. The molecule has 9 rings (SSSR count). The Morgan fingerprint density at radius 1 is 0.357 bits per heavy atom. The quantitative estimate of drug-likeness (QED) is 0.220. The van der Waals surface area contributed by atoms with Gasteiger partial charge >= 0.3 is 0 Å². The van der Waals surface area contributed by atoms with Crippen LogP contribution in [0, 0.1) is 0 Å². The van der Waals surface area contributed by atoms with E-state index in [0.29, 0.717) is 0 Å². The van der Waals surface area contributed by atoms with Crippen molar-refractivity contribution >= 4 is 54.5 Å². The van der Waals surface area contributed by atoms with Crippen molar-refractivity contribution in [2.75, 3.05) is 0 Å². The number of benzene rings is 7. The monoisotopic (exact) mass is 535 g/mol. The molecule has 42 heavy (non-hydrogen) atoms. The molecule has 2 nitrogen and oxygen atoms in total. The van der Waals surface area contributed by atoms with Gasteiger partial charge in [-0.15, -0.1) is 0 Å². The summed E-state index contributed by atoms with van der Waals surface area (Å²) in [5.41, 5.74) is 10.3. The first-order chi connectivity index (χ1) is 20.8. The van der Waals surface area contributed by atoms with Gasteiger partial charge in [0.25, 0.3) is 0 Å². The molecule has 0 spiro atoms. The first kappa shape index (κ1) is 23.1. The van der Waals surface area contributed by atoms with Gasteiger partial charge in [-0.1, -0.05) is 103 Å². The molecule has 7 aromatic carbocycles. The average Bonchev–Trinajstić information content (AvgIpc) is 3.60. The van der Waals surface area contributed by atoms with Crippen molar-refractivity contribution in [3.63, 3.8) is 0 Å². The Hall–Kier alpha value is -5.60. The van der Waals surface area contributed by atoms with Crippen LogP contribution >= 0.6 is 0 Å². The van der Waals surface area contributed by atoms with Crippen LogP contribution in [-0.4, -0.2) is 4.57 Å². The van der Waals surface area contributed by atoms with Crippen molar-refractivity contribution in [1.82, 2.24) is 4.57 Å². The van der Waals surface area contributed by atoms with Crippen LogP contribution in [0.15, 0.2) is 156 Å². The zero-order valence-corrected chi connectivity index (χ0v) is 22.8. The molecular formula is C40H25NO. The lowest BCUT2D eigenvalue weighted by molar-refractivity contribution is 0.669. The van der Waals surface area contributed by atoms with Gasteiger partial charge in [0.15, 0.2) is 0 Å². The van der Waals surface area contributed by atoms with Crippen molar-refractivity contribution in [1.29, 1.82) is 0 Å². The van der Waals surface area contributed by atoms with Crippen LogP contribution < -0.4 is 0 Å². The van der Waals surface area contributed by atoms with Gasteiger partial charge in [-0.25, -0.2) is 0 Å². The second kappa shape index (κ2) is 8.95. The van der Waals surface area contributed by atoms with E-state index < -0.39 is 0 Å². The Bertz CT molecular complexity index is 2460. The van der Waals surface area contributed by atoms with Gasteiger partial charge in [-0.3, -0.25) is 0 Å². The number of furan rings is 1. The predicted molar refractivity (Wildman–Crippen MR) is 176 cm³/mol. The zero-order chi connectivity index (χ0) is 27.6. The molecule has 0 radical (unpaired) electrons. The van der Waals surface area contributed by atoms with E-state index in [9.17, 15) is 0 Å². The van der Waals surface area contributed by atoms with Crippen LogP contribution in [0.25, 0.3) is 82.5 Å². The van der Waals surface area contributed by atoms with Crippen LogP contribution in [0.2, 0.25) is 0 Å². The van der Waals surface area contributed by atoms with E-state index in [1.54, 1.807) is 0 Å². The fourth-order valence-electron chi connectivity index (χ4n) is 6.69. The Balaban J connectivity index is 1.24. The first-order valence-corrected chi connectivity index (χ1v) is 14.4. The third-order valence-corrected chi connectivity index (χ3v) is 8.61. The summed E-state index contributed by atoms with van der Waals surface area (Å²) in [7, 11) is 0. The fourth-order valence-corrected chi connectivity index (χ4v) is 6.69. The molecule has 2 aromatic heterocycles. The molecule has 0 bridgehead atoms. The fraction of sp³-hybridized carbons (Fsp3) is 0. The summed E-state index contributed by atoms with van der Waals surface area (Å²) in [5.74, 6) is 0. The summed E-state index contributed by atoms with van der Waals surface area (Å²) in [5, 5.41) is 7.32. The van der Waals surface area contributed by atoms with Crippen molar-refractivity contribution in [3.8, 4) is 27.9 Å². The standard InChI is InChI=1S/C40H25NO/c1-2-10-28(11-3-1)41-37-16-8-6-14-33(37)35-24-26(18-22-38(35)41)29-20-21-30(32-13-5-4-12-31(29)32)27-19-23-40-36(25-27)34-15-7-9-17-39(34)42-40/h1-25H. The molecule has 0 atom stereocenters. The third-order valence-electron chi connectivity index (χ3n) is 8.61. The predicted octanol–water partition coefficient (Wildman–Crippen LogP) is 11.2. The van der Waals surface area contributed by atoms with Gasteiger partial charge in [0.2, 0.25) is 0 Å². The smallest absolute Gasteiger partial charge is 0.135 e. The lowest BCUT2D eigenvalue weighted by Gasteiger charge is -2.13. The molecule has 196 valence electrons. The average molecular weight is 536 g/mol. The second-order valence-corrected chi connectivity index (χ2v) is 10.9. The van der Waals surface area contributed by atoms with E-state index in [1.165, 1.54) is 60.5 Å². The van der Waals surface area contributed by atoms with Crippen LogP contribution in [0.5, 0.6) is 0 Å². The third kappa shape index (κ3) is 3.39. The van der Waals surface area contributed by atoms with Crippen molar-refractivity contribution in [3.05, 3.63) is 152 Å². The molecule has 2 heteroatoms. The molecule has 0 fully saturated rings. The number of hydrogen-bond acceptors (Lipinski definition) is 1. The summed E-state index contributed by atoms with van der Waals surface area (Å²) < 4.78 is 8.47. The van der Waals surface area contributed by atoms with E-state index in [1.807, 2.05) is 12.1 Å². The molecule has 0 amide bonds. The van der Waals surface area contributed by atoms with Crippen molar-refractivity contribution in [2.24, 2.45) is 0 Å². The van der Waals surface area contributed by atoms with Gasteiger partial charge in [-0.2, -0.15) is 0 Å². The highest BCUT2D eigenvalue weighted by atomic mass is 16.3. The van der Waals surface area contributed by atoms with Gasteiger partial charge in [-0.05, 0) is 81.6 Å². The number of rotatable bonds is 3. The summed E-state index contributed by atoms with van der Waals surface area (Å²) in [4.78, 5) is 0. The molecule has 0 aliphatic carbocycles. The maximum absolute atomic E-state index is 6.10. The number of fused-ring (bicyclic) bond motifs is 7. The summed E-state index contributed by atoms with van der Waals surface area (Å²) in [6.07, 6.45) is 0. The van der Waals surface area contributed by atoms with Gasteiger partial charge in [0.1, 0.15) is 11.2 Å². The van der Waals surface area contributed by atoms with Crippen molar-refractivity contribution < 1.29 is 4.42 Å². The molecular weight excluding hydrogens is 510 g/mol. The van der Waals surface area contributed by atoms with Crippen LogP contribution in [0.3, 0.4) is 0 Å². The number of para-hydroxylation sites is 3. The Kier molecular flexibility index (Phi) is 4.93. The van der Waals surface area contributed by atoms with E-state index in [0.717, 1.165) is 21.9 Å². The molecule has 0 unspecified atom stereocenters. The normalized spacial score (nSPS) is 11.8. The summed E-state index contributed by atoms with van der Waals surface area (Å²) in [6.45, 7) is 0. The Morgan fingerprint density at radius 2 is 0.905 bits per heavy atom. The molecule has 0 aliphatic rings. The topological polar surface area (TPSA) is 18.1 Å². The SMILES string of the molecule is c1ccc(-n2c3ccccc3c3cc(-c4ccc(-c5ccc6oc7ccccc7c6c5)c5ccccc45)ccc32)cc1. The molecule has 9 aromatic rings. The van der Waals surface area contributed by atoms with Crippen LogP contribution in [0.4, 0.5) is 0 Å². The maximum Gasteiger partial charge on any atom is 0.135 e. The Labute approximate surface area is 242 Å². The lowest BCUT2D eigenvalue weighted by atomic mass is 9.91. The molecule has 0 aliphatic heterocycles. The minimum absolute atomic E-state index is 0.920. The second-order valence-electron chi connectivity index (χ2n) is 10.9. The lowest BCUT2D eigenvalue weighted by Crippen LogP contribution is -1.93. The highest BCUT2D eigenvalue weighted by Gasteiger charge is 2.16. The maximum atomic E-state index is 6.10. The van der Waals surface area contributed by atoms with Crippen LogP contribution in [-0.2, 0) is 0 Å². The minimum Gasteiger partial charge on any atom is -0.456 e. The molecule has 0 saturated carbocycles. The Morgan fingerprint density at radius 3 is 1.67 bits per heavy atom. The number of hydrogen-bond donors (Lipinski definition) is 0. The molecule has 2 heterocycles. The van der Waals surface area contributed by atoms with Gasteiger partial charge < -0.3 is 8.98 Å². The van der Waals surface area contributed by atoms with E-state index >= 15 is 0 Å². The van der Waals surface area contributed by atoms with Crippen LogP contribution in [0.1, 0.15) is 0 Å². The van der Waals surface area contributed by atoms with Gasteiger partial charge in [0.05, 0.1) is 11.0 Å². The summed E-state index contributed by atoms with van der Waals surface area (Å²) >= 11 is 0. The zero-order valence-electron chi connectivity index (χ0n) is 22.8. The van der Waals surface area contributed by atoms with E-state index in [-0.39, 0.29) is 0 Å². The number of nitrogens with zero attached hydrogens (tertiary/aromatic N) is 1. The summed E-state index contributed by atoms with van der Waals surface area (Å²) in [6, 6.07) is 54.4. The minimum atomic E-state index is 0.920. The largest absolute Gasteiger partial charge is 0.456 e. The molecule has 0 saturated heterocycles. The first-order valence-electron chi connectivity index (χ1n) is 14.4.